The molecule has 1 heterocycles. The number of nitrogens with two attached hydrogens (primary N) is 1. The average molecular weight is 359 g/mol. The summed E-state index contributed by atoms with van der Waals surface area (Å²) < 4.78 is 1.45. The molecule has 0 radical (unpaired) electrons. The zero-order valence-electron chi connectivity index (χ0n) is 14.7. The smallest absolute Gasteiger partial charge is 0.230 e. The van der Waals surface area contributed by atoms with Crippen LogP contribution in [0.25, 0.3) is 11.4 Å². The lowest BCUT2D eigenvalue weighted by atomic mass is 9.86. The number of carbonyl (C=O) groups is 1. The van der Waals surface area contributed by atoms with Crippen LogP contribution in [0.3, 0.4) is 0 Å². The Balaban J connectivity index is 1.58. The Kier molecular flexibility index (Phi) is 5.63. The molecule has 1 aromatic heterocycles. The van der Waals surface area contributed by atoms with Crippen LogP contribution < -0.4 is 11.2 Å². The number of aromatic nitrogens is 3. The molecule has 134 valence electrons. The summed E-state index contributed by atoms with van der Waals surface area (Å²) in [4.78, 5) is 12.2. The molecule has 0 saturated heterocycles. The highest BCUT2D eigenvalue weighted by atomic mass is 32.2. The lowest BCUT2D eigenvalue weighted by Crippen LogP contribution is -2.41. The van der Waals surface area contributed by atoms with Crippen molar-refractivity contribution in [1.82, 2.24) is 20.2 Å². The molecule has 1 aliphatic rings. The first-order valence-corrected chi connectivity index (χ1v) is 9.73. The van der Waals surface area contributed by atoms with Crippen molar-refractivity contribution in [1.29, 1.82) is 0 Å². The minimum atomic E-state index is 0.0311. The van der Waals surface area contributed by atoms with Crippen LogP contribution in [0.1, 0.15) is 38.2 Å². The van der Waals surface area contributed by atoms with Crippen LogP contribution in [-0.2, 0) is 4.79 Å². The second-order valence-corrected chi connectivity index (χ2v) is 7.71. The molecule has 6 nitrogen and oxygen atoms in total. The van der Waals surface area contributed by atoms with Crippen LogP contribution in [0.4, 0.5) is 0 Å². The number of hydrogen-bond donors (Lipinski definition) is 2. The summed E-state index contributed by atoms with van der Waals surface area (Å²) in [6.07, 6.45) is 4.72. The number of benzene rings is 1. The van der Waals surface area contributed by atoms with Crippen LogP contribution in [0, 0.1) is 12.8 Å². The molecular weight excluding hydrogens is 334 g/mol. The Bertz CT molecular complexity index is 728. The highest BCUT2D eigenvalue weighted by Gasteiger charge is 2.23. The van der Waals surface area contributed by atoms with Crippen molar-refractivity contribution < 1.29 is 4.79 Å². The number of nitrogens with one attached hydrogen (secondary N) is 1. The largest absolute Gasteiger partial charge is 0.352 e. The van der Waals surface area contributed by atoms with Crippen molar-refractivity contribution in [2.45, 2.75) is 50.7 Å². The first-order valence-electron chi connectivity index (χ1n) is 8.74. The van der Waals surface area contributed by atoms with E-state index < -0.39 is 0 Å². The molecule has 1 amide bonds. The van der Waals surface area contributed by atoms with Gasteiger partial charge < -0.3 is 11.2 Å². The predicted molar refractivity (Wildman–Crippen MR) is 101 cm³/mol. The fourth-order valence-electron chi connectivity index (χ4n) is 3.18. The van der Waals surface area contributed by atoms with Crippen molar-refractivity contribution in [2.24, 2.45) is 5.92 Å². The van der Waals surface area contributed by atoms with E-state index in [-0.39, 0.29) is 5.91 Å². The monoisotopic (exact) mass is 359 g/mol. The maximum absolute atomic E-state index is 12.2. The predicted octanol–water partition coefficient (Wildman–Crippen LogP) is 2.75. The zero-order chi connectivity index (χ0) is 17.8. The van der Waals surface area contributed by atoms with E-state index in [9.17, 15) is 4.79 Å². The van der Waals surface area contributed by atoms with Gasteiger partial charge in [-0.2, -0.15) is 0 Å². The molecule has 2 aromatic rings. The summed E-state index contributed by atoms with van der Waals surface area (Å²) in [7, 11) is 0. The zero-order valence-corrected chi connectivity index (χ0v) is 15.6. The third kappa shape index (κ3) is 4.34. The van der Waals surface area contributed by atoms with Gasteiger partial charge >= 0.3 is 0 Å². The number of hydrogen-bond acceptors (Lipinski definition) is 5. The van der Waals surface area contributed by atoms with Gasteiger partial charge in [0.15, 0.2) is 5.82 Å². The summed E-state index contributed by atoms with van der Waals surface area (Å²) in [6, 6.07) is 8.24. The molecule has 25 heavy (non-hydrogen) atoms. The van der Waals surface area contributed by atoms with E-state index >= 15 is 0 Å². The second kappa shape index (κ2) is 7.91. The maximum atomic E-state index is 12.2. The molecule has 0 aliphatic heterocycles. The Morgan fingerprint density at radius 1 is 1.28 bits per heavy atom. The normalized spacial score (nSPS) is 20.4. The fourth-order valence-corrected chi connectivity index (χ4v) is 3.85. The standard InChI is InChI=1S/C18H25N5OS/c1-12-7-9-14(10-8-12)17-21-22-18(23(17)19)25-11-16(24)20-15-6-4-3-5-13(15)2/h7-10,13,15H,3-6,11,19H2,1-2H3,(H,20,24). The maximum Gasteiger partial charge on any atom is 0.230 e. The van der Waals surface area contributed by atoms with Crippen LogP contribution in [0.15, 0.2) is 29.4 Å². The van der Waals surface area contributed by atoms with E-state index in [4.69, 9.17) is 5.84 Å². The molecule has 2 atom stereocenters. The van der Waals surface area contributed by atoms with Crippen LogP contribution >= 0.6 is 11.8 Å². The van der Waals surface area contributed by atoms with Crippen molar-refractivity contribution in [3.63, 3.8) is 0 Å². The lowest BCUT2D eigenvalue weighted by molar-refractivity contribution is -0.119. The lowest BCUT2D eigenvalue weighted by Gasteiger charge is -2.29. The molecule has 1 fully saturated rings. The Morgan fingerprint density at radius 3 is 2.72 bits per heavy atom. The van der Waals surface area contributed by atoms with Gasteiger partial charge in [-0.1, -0.05) is 61.4 Å². The van der Waals surface area contributed by atoms with Crippen molar-refractivity contribution in [3.8, 4) is 11.4 Å². The average Bonchev–Trinajstić information content (AvgIpc) is 2.97. The highest BCUT2D eigenvalue weighted by molar-refractivity contribution is 7.99. The van der Waals surface area contributed by atoms with Crippen LogP contribution in [-0.4, -0.2) is 32.6 Å². The van der Waals surface area contributed by atoms with Gasteiger partial charge in [0.1, 0.15) is 0 Å². The molecule has 0 bridgehead atoms. The van der Waals surface area contributed by atoms with Gasteiger partial charge in [0.25, 0.3) is 0 Å². The molecule has 1 aromatic carbocycles. The number of thioether (sulfide) groups is 1. The van der Waals surface area contributed by atoms with Crippen LogP contribution in [0.2, 0.25) is 0 Å². The number of nitrogen functional groups attached to an aromatic ring is 1. The summed E-state index contributed by atoms with van der Waals surface area (Å²) in [5.41, 5.74) is 2.09. The van der Waals surface area contributed by atoms with Gasteiger partial charge in [-0.25, -0.2) is 4.68 Å². The van der Waals surface area contributed by atoms with E-state index in [0.29, 0.717) is 28.7 Å². The van der Waals surface area contributed by atoms with Gasteiger partial charge in [0.2, 0.25) is 11.1 Å². The summed E-state index contributed by atoms with van der Waals surface area (Å²) in [6.45, 7) is 4.24. The van der Waals surface area contributed by atoms with Gasteiger partial charge in [-0.05, 0) is 25.7 Å². The summed E-state index contributed by atoms with van der Waals surface area (Å²) in [5.74, 6) is 7.59. The van der Waals surface area contributed by atoms with E-state index in [0.717, 1.165) is 12.0 Å². The fraction of sp³-hybridized carbons (Fsp3) is 0.500. The molecule has 3 rings (SSSR count). The third-order valence-electron chi connectivity index (χ3n) is 4.76. The number of amides is 1. The van der Waals surface area contributed by atoms with Gasteiger partial charge in [0, 0.05) is 11.6 Å². The summed E-state index contributed by atoms with van der Waals surface area (Å²) >= 11 is 1.32. The van der Waals surface area contributed by atoms with Crippen LogP contribution in [0.5, 0.6) is 0 Å². The van der Waals surface area contributed by atoms with E-state index in [1.54, 1.807) is 0 Å². The number of carbonyl (C=O) groups excluding carboxylic acids is 1. The number of nitrogens with zero attached hydrogens (tertiary/aromatic N) is 3. The number of rotatable bonds is 5. The van der Waals surface area contributed by atoms with Crippen molar-refractivity contribution in [2.75, 3.05) is 11.6 Å². The molecule has 1 aliphatic carbocycles. The minimum absolute atomic E-state index is 0.0311. The minimum Gasteiger partial charge on any atom is -0.352 e. The number of aryl methyl sites for hydroxylation is 1. The van der Waals surface area contributed by atoms with Crippen molar-refractivity contribution >= 4 is 17.7 Å². The topological polar surface area (TPSA) is 85.8 Å². The van der Waals surface area contributed by atoms with Crippen molar-refractivity contribution in [3.05, 3.63) is 29.8 Å². The van der Waals surface area contributed by atoms with E-state index in [1.165, 1.54) is 41.3 Å². The molecule has 7 heteroatoms. The third-order valence-corrected chi connectivity index (χ3v) is 5.71. The molecule has 3 N–H and O–H groups in total. The highest BCUT2D eigenvalue weighted by Crippen LogP contribution is 2.25. The summed E-state index contributed by atoms with van der Waals surface area (Å²) in [5, 5.41) is 12.0. The molecule has 2 unspecified atom stereocenters. The molecule has 1 saturated carbocycles. The molecule has 0 spiro atoms. The van der Waals surface area contributed by atoms with E-state index in [1.807, 2.05) is 31.2 Å². The first-order chi connectivity index (χ1) is 12.0. The van der Waals surface area contributed by atoms with Gasteiger partial charge in [0.05, 0.1) is 5.75 Å². The molecular formula is C18H25N5OS. The Hall–Kier alpha value is -2.02. The van der Waals surface area contributed by atoms with E-state index in [2.05, 4.69) is 22.4 Å². The first kappa shape index (κ1) is 17.8. The SMILES string of the molecule is Cc1ccc(-c2nnc(SCC(=O)NC3CCCCC3C)n2N)cc1. The second-order valence-electron chi connectivity index (χ2n) is 6.77. The Labute approximate surface area is 152 Å². The van der Waals surface area contributed by atoms with Gasteiger partial charge in [-0.3, -0.25) is 4.79 Å². The van der Waals surface area contributed by atoms with Gasteiger partial charge in [-0.15, -0.1) is 10.2 Å². The quantitative estimate of drug-likeness (QED) is 0.633. The Morgan fingerprint density at radius 2 is 2.00 bits per heavy atom.